The van der Waals surface area contributed by atoms with Crippen LogP contribution in [0.5, 0.6) is 0 Å². The van der Waals surface area contributed by atoms with Crippen LogP contribution >= 0.6 is 12.2 Å². The molecule has 10 heavy (non-hydrogen) atoms. The lowest BCUT2D eigenvalue weighted by molar-refractivity contribution is -0.543. The van der Waals surface area contributed by atoms with Gasteiger partial charge in [-0.2, -0.15) is 0 Å². The number of nitro groups is 1. The second kappa shape index (κ2) is 2.57. The van der Waals surface area contributed by atoms with Crippen molar-refractivity contribution in [1.29, 1.82) is 0 Å². The lowest BCUT2D eigenvalue weighted by Gasteiger charge is -1.91. The lowest BCUT2D eigenvalue weighted by Crippen LogP contribution is -2.08. The molecule has 0 radical (unpaired) electrons. The molecule has 5 heteroatoms. The fourth-order valence-electron chi connectivity index (χ4n) is 0.554. The van der Waals surface area contributed by atoms with Crippen LogP contribution in [0.1, 0.15) is 0 Å². The maximum atomic E-state index is 10.1. The molecule has 0 bridgehead atoms. The van der Waals surface area contributed by atoms with Crippen LogP contribution < -0.4 is 0 Å². The number of hydrogen-bond donors (Lipinski definition) is 0. The molecule has 0 aliphatic rings. The minimum Gasteiger partial charge on any atom is -0.234 e. The first-order chi connectivity index (χ1) is 4.72. The monoisotopic (exact) mass is 156 g/mol. The molecule has 0 aliphatic heterocycles. The van der Waals surface area contributed by atoms with Gasteiger partial charge in [-0.3, -0.25) is 0 Å². The summed E-state index contributed by atoms with van der Waals surface area (Å²) in [6, 6.07) is 4.71. The number of nitrogens with zero attached hydrogens (tertiary/aromatic N) is 2. The molecule has 1 aromatic heterocycles. The first kappa shape index (κ1) is 6.88. The summed E-state index contributed by atoms with van der Waals surface area (Å²) in [7, 11) is 0. The van der Waals surface area contributed by atoms with Gasteiger partial charge in [-0.25, -0.2) is 10.1 Å². The Morgan fingerprint density at radius 1 is 1.60 bits per heavy atom. The smallest absolute Gasteiger partial charge is 0.173 e. The van der Waals surface area contributed by atoms with Crippen LogP contribution in [0.4, 0.5) is 0 Å². The quantitative estimate of drug-likeness (QED) is 0.349. The Labute approximate surface area is 61.8 Å². The number of pyridine rings is 1. The second-order valence-corrected chi connectivity index (χ2v) is 2.04. The van der Waals surface area contributed by atoms with E-state index in [1.54, 1.807) is 12.1 Å². The van der Waals surface area contributed by atoms with Crippen LogP contribution in [0.15, 0.2) is 24.4 Å². The minimum absolute atomic E-state index is 0.201. The van der Waals surface area contributed by atoms with Crippen molar-refractivity contribution in [2.75, 3.05) is 0 Å². The first-order valence-electron chi connectivity index (χ1n) is 2.54. The average Bonchev–Trinajstić information content (AvgIpc) is 1.88. The standard InChI is InChI=1S/C5H4N2O2S/c8-7(9)6-4-2-1-3-5(6)10/h1-4H. The Morgan fingerprint density at radius 3 is 2.70 bits per heavy atom. The molecule has 0 N–H and O–H groups in total. The second-order valence-electron chi connectivity index (χ2n) is 1.62. The van der Waals surface area contributed by atoms with Gasteiger partial charge in [0.1, 0.15) is 0 Å². The summed E-state index contributed by atoms with van der Waals surface area (Å²) in [4.78, 5) is 10.1. The van der Waals surface area contributed by atoms with Gasteiger partial charge in [0.15, 0.2) is 9.67 Å². The maximum absolute atomic E-state index is 10.1. The summed E-state index contributed by atoms with van der Waals surface area (Å²) in [6.45, 7) is 0. The molecule has 0 spiro atoms. The van der Waals surface area contributed by atoms with Gasteiger partial charge in [-0.1, -0.05) is 23.0 Å². The van der Waals surface area contributed by atoms with Gasteiger partial charge in [0, 0.05) is 0 Å². The predicted octanol–water partition coefficient (Wildman–Crippen LogP) is 1.26. The third-order valence-corrected chi connectivity index (χ3v) is 1.30. The predicted molar refractivity (Wildman–Crippen MR) is 37.7 cm³/mol. The van der Waals surface area contributed by atoms with Crippen LogP contribution in [-0.2, 0) is 0 Å². The number of hydrogen-bond acceptors (Lipinski definition) is 3. The first-order valence-corrected chi connectivity index (χ1v) is 2.95. The van der Waals surface area contributed by atoms with Crippen LogP contribution in [0.25, 0.3) is 0 Å². The van der Waals surface area contributed by atoms with Gasteiger partial charge in [-0.15, -0.1) is 0 Å². The molecule has 0 atom stereocenters. The minimum atomic E-state index is -0.567. The van der Waals surface area contributed by atoms with E-state index in [0.717, 1.165) is 4.68 Å². The van der Waals surface area contributed by atoms with Crippen LogP contribution in [-0.4, -0.2) is 9.71 Å². The average molecular weight is 156 g/mol. The van der Waals surface area contributed by atoms with Crippen molar-refractivity contribution in [2.24, 2.45) is 0 Å². The lowest BCUT2D eigenvalue weighted by atomic mass is 10.5. The molecule has 0 amide bonds. The Morgan fingerprint density at radius 2 is 2.30 bits per heavy atom. The summed E-state index contributed by atoms with van der Waals surface area (Å²) in [5.41, 5.74) is 0. The van der Waals surface area contributed by atoms with Crippen molar-refractivity contribution in [3.8, 4) is 0 Å². The van der Waals surface area contributed by atoms with Gasteiger partial charge < -0.3 is 0 Å². The van der Waals surface area contributed by atoms with Crippen LogP contribution in [0, 0.1) is 14.8 Å². The molecule has 0 fully saturated rings. The summed E-state index contributed by atoms with van der Waals surface area (Å²) in [6.07, 6.45) is 1.31. The molecule has 0 aromatic carbocycles. The van der Waals surface area contributed by atoms with E-state index in [0.29, 0.717) is 0 Å². The van der Waals surface area contributed by atoms with Crippen molar-refractivity contribution < 1.29 is 5.03 Å². The fraction of sp³-hybridized carbons (Fsp3) is 0. The molecule has 0 aliphatic carbocycles. The van der Waals surface area contributed by atoms with Crippen molar-refractivity contribution in [1.82, 2.24) is 4.68 Å². The third kappa shape index (κ3) is 1.19. The van der Waals surface area contributed by atoms with Crippen molar-refractivity contribution in [2.45, 2.75) is 0 Å². The highest BCUT2D eigenvalue weighted by atomic mass is 32.1. The van der Waals surface area contributed by atoms with E-state index in [1.165, 1.54) is 12.3 Å². The van der Waals surface area contributed by atoms with Crippen molar-refractivity contribution in [3.05, 3.63) is 39.2 Å². The molecule has 1 heterocycles. The SMILES string of the molecule is O=[N+]([O-])n1ccccc1=S. The summed E-state index contributed by atoms with van der Waals surface area (Å²) < 4.78 is 0.988. The summed E-state index contributed by atoms with van der Waals surface area (Å²) >= 11 is 4.65. The molecule has 0 saturated carbocycles. The van der Waals surface area contributed by atoms with Crippen LogP contribution in [0.2, 0.25) is 0 Å². The van der Waals surface area contributed by atoms with E-state index in [2.05, 4.69) is 12.2 Å². The molecule has 52 valence electrons. The fourth-order valence-corrected chi connectivity index (χ4v) is 0.760. The zero-order valence-electron chi connectivity index (χ0n) is 4.93. The topological polar surface area (TPSA) is 48.1 Å². The van der Waals surface area contributed by atoms with Gasteiger partial charge >= 0.3 is 0 Å². The molecule has 1 aromatic rings. The van der Waals surface area contributed by atoms with Crippen molar-refractivity contribution >= 4 is 12.2 Å². The molecule has 0 unspecified atom stereocenters. The van der Waals surface area contributed by atoms with Gasteiger partial charge in [0.25, 0.3) is 0 Å². The van der Waals surface area contributed by atoms with Gasteiger partial charge in [0.2, 0.25) is 0 Å². The van der Waals surface area contributed by atoms with Crippen LogP contribution in [0.3, 0.4) is 0 Å². The van der Waals surface area contributed by atoms with Gasteiger partial charge in [-0.05, 0) is 12.1 Å². The van der Waals surface area contributed by atoms with E-state index in [9.17, 15) is 10.1 Å². The van der Waals surface area contributed by atoms with Gasteiger partial charge in [0.05, 0.1) is 6.20 Å². The van der Waals surface area contributed by atoms with E-state index in [4.69, 9.17) is 0 Å². The molecule has 4 nitrogen and oxygen atoms in total. The summed E-state index contributed by atoms with van der Waals surface area (Å²) in [5.74, 6) is 0. The highest BCUT2D eigenvalue weighted by molar-refractivity contribution is 7.71. The molecular weight excluding hydrogens is 152 g/mol. The molecule has 0 saturated heterocycles. The number of rotatable bonds is 1. The highest BCUT2D eigenvalue weighted by Gasteiger charge is 1.97. The van der Waals surface area contributed by atoms with E-state index >= 15 is 0 Å². The van der Waals surface area contributed by atoms with Crippen molar-refractivity contribution in [3.63, 3.8) is 0 Å². The largest absolute Gasteiger partial charge is 0.234 e. The molecular formula is C5H4N2O2S. The maximum Gasteiger partial charge on any atom is 0.173 e. The summed E-state index contributed by atoms with van der Waals surface area (Å²) in [5, 5.41) is 9.56. The van der Waals surface area contributed by atoms with E-state index in [-0.39, 0.29) is 4.64 Å². The highest BCUT2D eigenvalue weighted by Crippen LogP contribution is 1.90. The Kier molecular flexibility index (Phi) is 1.77. The zero-order valence-corrected chi connectivity index (χ0v) is 5.75. The van der Waals surface area contributed by atoms with E-state index in [1.807, 2.05) is 0 Å². The Bertz CT molecular complexity index is 307. The molecule has 1 rings (SSSR count). The number of aromatic nitrogens is 1. The third-order valence-electron chi connectivity index (χ3n) is 0.979. The Hall–Kier alpha value is -1.23. The zero-order chi connectivity index (χ0) is 7.56. The normalized spacial score (nSPS) is 9.20. The Balaban J connectivity index is 3.29. The van der Waals surface area contributed by atoms with E-state index < -0.39 is 5.03 Å².